The third kappa shape index (κ3) is 4.67. The van der Waals surface area contributed by atoms with E-state index in [1.807, 2.05) is 30.3 Å². The van der Waals surface area contributed by atoms with Crippen LogP contribution >= 0.6 is 0 Å². The van der Waals surface area contributed by atoms with Gasteiger partial charge in [-0.05, 0) is 24.5 Å². The first-order valence-corrected chi connectivity index (χ1v) is 7.45. The van der Waals surface area contributed by atoms with E-state index in [1.165, 1.54) is 0 Å². The molecule has 1 aliphatic rings. The highest BCUT2D eigenvalue weighted by molar-refractivity contribution is 6.05. The van der Waals surface area contributed by atoms with Crippen molar-refractivity contribution in [1.29, 1.82) is 0 Å². The van der Waals surface area contributed by atoms with Crippen molar-refractivity contribution >= 4 is 11.7 Å². The standard InChI is InChI=1S/C18H22N2O2.H2/c1-3-4-10-17(19-2)20-18(21)15-11-16(12-15)22-13-14-8-6-5-7-9-14;/h3-10,15-16H,1,11-13H2,2H3,(H,19,20,21);1H/b10-4-;. The van der Waals surface area contributed by atoms with Gasteiger partial charge in [-0.15, -0.1) is 0 Å². The van der Waals surface area contributed by atoms with Crippen LogP contribution < -0.4 is 5.32 Å². The average Bonchev–Trinajstić information content (AvgIpc) is 2.50. The lowest BCUT2D eigenvalue weighted by Gasteiger charge is -2.34. The molecule has 118 valence electrons. The first kappa shape index (κ1) is 16.2. The molecule has 4 nitrogen and oxygen atoms in total. The lowest BCUT2D eigenvalue weighted by molar-refractivity contribution is -0.133. The van der Waals surface area contributed by atoms with Gasteiger partial charge in [0.15, 0.2) is 0 Å². The fraction of sp³-hybridized carbons (Fsp3) is 0.333. The summed E-state index contributed by atoms with van der Waals surface area (Å²) in [4.78, 5) is 16.1. The Bertz CT molecular complexity index is 564. The van der Waals surface area contributed by atoms with Crippen molar-refractivity contribution in [3.8, 4) is 0 Å². The number of hydrogen-bond acceptors (Lipinski definition) is 3. The average molecular weight is 300 g/mol. The first-order valence-electron chi connectivity index (χ1n) is 7.45. The summed E-state index contributed by atoms with van der Waals surface area (Å²) in [5.41, 5.74) is 1.16. The lowest BCUT2D eigenvalue weighted by Crippen LogP contribution is -2.44. The minimum atomic E-state index is 0. The minimum absolute atomic E-state index is 0. The molecule has 0 unspecified atom stereocenters. The van der Waals surface area contributed by atoms with Crippen LogP contribution in [0.25, 0.3) is 0 Å². The Labute approximate surface area is 133 Å². The molecule has 4 heteroatoms. The van der Waals surface area contributed by atoms with Gasteiger partial charge in [-0.25, -0.2) is 0 Å². The molecular weight excluding hydrogens is 276 g/mol. The number of benzene rings is 1. The minimum Gasteiger partial charge on any atom is -0.373 e. The van der Waals surface area contributed by atoms with Gasteiger partial charge >= 0.3 is 0 Å². The zero-order valence-electron chi connectivity index (χ0n) is 12.9. The van der Waals surface area contributed by atoms with Crippen molar-refractivity contribution in [2.75, 3.05) is 7.05 Å². The van der Waals surface area contributed by atoms with Crippen molar-refractivity contribution < 1.29 is 11.0 Å². The number of hydrogen-bond donors (Lipinski definition) is 1. The number of nitrogens with zero attached hydrogens (tertiary/aromatic N) is 1. The second-order valence-electron chi connectivity index (χ2n) is 5.28. The molecule has 1 N–H and O–H groups in total. The maximum absolute atomic E-state index is 12.1. The van der Waals surface area contributed by atoms with Crippen molar-refractivity contribution in [2.24, 2.45) is 10.9 Å². The molecule has 0 bridgehead atoms. The van der Waals surface area contributed by atoms with Crippen molar-refractivity contribution in [1.82, 2.24) is 5.32 Å². The van der Waals surface area contributed by atoms with E-state index in [9.17, 15) is 4.79 Å². The second kappa shape index (κ2) is 8.29. The Hall–Kier alpha value is -2.20. The first-order chi connectivity index (χ1) is 10.7. The van der Waals surface area contributed by atoms with Gasteiger partial charge in [0.2, 0.25) is 5.91 Å². The number of amides is 1. The molecule has 2 rings (SSSR count). The van der Waals surface area contributed by atoms with Gasteiger partial charge in [0.25, 0.3) is 0 Å². The molecule has 0 radical (unpaired) electrons. The lowest BCUT2D eigenvalue weighted by atomic mass is 9.81. The van der Waals surface area contributed by atoms with E-state index in [-0.39, 0.29) is 19.4 Å². The summed E-state index contributed by atoms with van der Waals surface area (Å²) in [6.45, 7) is 4.19. The van der Waals surface area contributed by atoms with Gasteiger partial charge < -0.3 is 10.1 Å². The van der Waals surface area contributed by atoms with Crippen LogP contribution in [0.4, 0.5) is 0 Å². The van der Waals surface area contributed by atoms with Gasteiger partial charge in [-0.2, -0.15) is 0 Å². The summed E-state index contributed by atoms with van der Waals surface area (Å²) in [6, 6.07) is 10.1. The number of ether oxygens (including phenoxy) is 1. The van der Waals surface area contributed by atoms with E-state index in [2.05, 4.69) is 16.9 Å². The molecule has 0 atom stereocenters. The molecule has 0 aliphatic heterocycles. The maximum Gasteiger partial charge on any atom is 0.228 e. The summed E-state index contributed by atoms with van der Waals surface area (Å²) in [6.07, 6.45) is 6.82. The summed E-state index contributed by atoms with van der Waals surface area (Å²) >= 11 is 0. The van der Waals surface area contributed by atoms with E-state index in [0.29, 0.717) is 12.4 Å². The molecule has 1 aliphatic carbocycles. The van der Waals surface area contributed by atoms with Crippen LogP contribution in [0.1, 0.15) is 19.8 Å². The van der Waals surface area contributed by atoms with Crippen LogP contribution in [0, 0.1) is 5.92 Å². The van der Waals surface area contributed by atoms with Crippen LogP contribution in [0.2, 0.25) is 0 Å². The molecule has 0 heterocycles. The Morgan fingerprint density at radius 2 is 2.18 bits per heavy atom. The van der Waals surface area contributed by atoms with Crippen LogP contribution in [0.3, 0.4) is 0 Å². The van der Waals surface area contributed by atoms with E-state index < -0.39 is 0 Å². The van der Waals surface area contributed by atoms with Crippen LogP contribution in [0.15, 0.2) is 60.1 Å². The number of amidine groups is 1. The Morgan fingerprint density at radius 1 is 1.45 bits per heavy atom. The van der Waals surface area contributed by atoms with Crippen LogP contribution in [-0.2, 0) is 16.1 Å². The summed E-state index contributed by atoms with van der Waals surface area (Å²) in [5.74, 6) is 0.571. The van der Waals surface area contributed by atoms with Gasteiger partial charge in [0, 0.05) is 14.4 Å². The molecule has 1 amide bonds. The van der Waals surface area contributed by atoms with Crippen LogP contribution in [-0.4, -0.2) is 24.9 Å². The molecule has 0 aromatic heterocycles. The molecule has 1 aromatic rings. The Balaban J connectivity index is 0.00000264. The molecule has 1 aromatic carbocycles. The molecule has 1 saturated carbocycles. The molecule has 0 saturated heterocycles. The number of nitrogens with one attached hydrogen (secondary N) is 1. The second-order valence-corrected chi connectivity index (χ2v) is 5.28. The highest BCUT2D eigenvalue weighted by atomic mass is 16.5. The number of aliphatic imine (C=N–C) groups is 1. The van der Waals surface area contributed by atoms with E-state index in [0.717, 1.165) is 18.4 Å². The molecule has 0 spiro atoms. The fourth-order valence-electron chi connectivity index (χ4n) is 2.26. The number of rotatable bonds is 6. The number of carbonyl (C=O) groups is 1. The third-order valence-corrected chi connectivity index (χ3v) is 3.68. The molecule has 22 heavy (non-hydrogen) atoms. The molecule has 1 fully saturated rings. The summed E-state index contributed by atoms with van der Waals surface area (Å²) < 4.78 is 5.80. The number of carbonyl (C=O) groups excluding carboxylic acids is 1. The highest BCUT2D eigenvalue weighted by Crippen LogP contribution is 2.30. The monoisotopic (exact) mass is 300 g/mol. The SMILES string of the molecule is C=C/C=C\C(=NC)NC(=O)C1CC(OCc2ccccc2)C1.[HH]. The van der Waals surface area contributed by atoms with Crippen molar-refractivity contribution in [3.05, 3.63) is 60.7 Å². The molecular formula is C18H24N2O2. The van der Waals surface area contributed by atoms with Crippen LogP contribution in [0.5, 0.6) is 0 Å². The Morgan fingerprint density at radius 3 is 2.82 bits per heavy atom. The van der Waals surface area contributed by atoms with Gasteiger partial charge in [0.1, 0.15) is 5.84 Å². The zero-order chi connectivity index (χ0) is 15.8. The summed E-state index contributed by atoms with van der Waals surface area (Å²) in [5, 5.41) is 2.82. The van der Waals surface area contributed by atoms with E-state index >= 15 is 0 Å². The highest BCUT2D eigenvalue weighted by Gasteiger charge is 2.35. The topological polar surface area (TPSA) is 50.7 Å². The van der Waals surface area contributed by atoms with Crippen molar-refractivity contribution in [3.63, 3.8) is 0 Å². The largest absolute Gasteiger partial charge is 0.373 e. The van der Waals surface area contributed by atoms with Gasteiger partial charge in [-0.3, -0.25) is 9.79 Å². The number of allylic oxidation sites excluding steroid dienone is 2. The van der Waals surface area contributed by atoms with Gasteiger partial charge in [-0.1, -0.05) is 49.1 Å². The zero-order valence-corrected chi connectivity index (χ0v) is 12.9. The third-order valence-electron chi connectivity index (χ3n) is 3.68. The van der Waals surface area contributed by atoms with E-state index in [4.69, 9.17) is 4.74 Å². The summed E-state index contributed by atoms with van der Waals surface area (Å²) in [7, 11) is 1.65. The maximum atomic E-state index is 12.1. The van der Waals surface area contributed by atoms with Gasteiger partial charge in [0.05, 0.1) is 12.7 Å². The predicted octanol–water partition coefficient (Wildman–Crippen LogP) is 3.11. The van der Waals surface area contributed by atoms with E-state index in [1.54, 1.807) is 25.3 Å². The Kier molecular flexibility index (Phi) is 6.10. The smallest absolute Gasteiger partial charge is 0.228 e. The normalized spacial score (nSPS) is 21.4. The quantitative estimate of drug-likeness (QED) is 0.498. The predicted molar refractivity (Wildman–Crippen MR) is 90.7 cm³/mol. The van der Waals surface area contributed by atoms with Crippen molar-refractivity contribution in [2.45, 2.75) is 25.6 Å². The fourth-order valence-corrected chi connectivity index (χ4v) is 2.26.